The Bertz CT molecular complexity index is 1010. The van der Waals surface area contributed by atoms with Crippen molar-refractivity contribution in [2.24, 2.45) is 0 Å². The molecule has 4 aromatic rings. The van der Waals surface area contributed by atoms with E-state index in [1.807, 2.05) is 18.2 Å². The van der Waals surface area contributed by atoms with Crippen molar-refractivity contribution in [2.75, 3.05) is 0 Å². The molecule has 0 aliphatic heterocycles. The van der Waals surface area contributed by atoms with E-state index in [-0.39, 0.29) is 5.91 Å². The number of carbonyl (C=O) groups is 1. The summed E-state index contributed by atoms with van der Waals surface area (Å²) in [6.07, 6.45) is 1.59. The molecule has 0 saturated carbocycles. The van der Waals surface area contributed by atoms with Gasteiger partial charge in [-0.25, -0.2) is 4.98 Å². The second kappa shape index (κ2) is 6.57. The van der Waals surface area contributed by atoms with Gasteiger partial charge in [-0.05, 0) is 31.2 Å². The molecule has 0 radical (unpaired) electrons. The fourth-order valence-electron chi connectivity index (χ4n) is 2.90. The maximum Gasteiger partial charge on any atom is 0.271 e. The third kappa shape index (κ3) is 2.96. The number of benzene rings is 1. The van der Waals surface area contributed by atoms with Crippen LogP contribution in [0.25, 0.3) is 21.6 Å². The number of aryl methyl sites for hydroxylation is 1. The van der Waals surface area contributed by atoms with Gasteiger partial charge in [0, 0.05) is 22.8 Å². The fourth-order valence-corrected chi connectivity index (χ4v) is 3.72. The third-order valence-electron chi connectivity index (χ3n) is 4.09. The lowest BCUT2D eigenvalue weighted by atomic mass is 10.2. The topological polar surface area (TPSA) is 60.1 Å². The van der Waals surface area contributed by atoms with Crippen molar-refractivity contribution in [3.63, 3.8) is 0 Å². The number of nitrogens with zero attached hydrogens (tertiary/aromatic N) is 2. The minimum absolute atomic E-state index is 0.196. The highest BCUT2D eigenvalue weighted by molar-refractivity contribution is 7.13. The highest BCUT2D eigenvalue weighted by Gasteiger charge is 2.16. The Morgan fingerprint density at radius 1 is 1.28 bits per heavy atom. The van der Waals surface area contributed by atoms with Crippen LogP contribution in [0.15, 0.2) is 58.5 Å². The number of amides is 1. The van der Waals surface area contributed by atoms with Gasteiger partial charge in [0.05, 0.1) is 18.5 Å². The number of hydrogen-bond donors (Lipinski definition) is 1. The molecule has 1 amide bonds. The SMILES string of the molecule is CCn1c(-c2nc(C(=O)NCc3ccco3)cs2)cc2ccccc21. The maximum absolute atomic E-state index is 12.3. The first kappa shape index (κ1) is 15.7. The molecular formula is C19H17N3O2S. The van der Waals surface area contributed by atoms with Crippen molar-refractivity contribution in [1.29, 1.82) is 0 Å². The zero-order valence-corrected chi connectivity index (χ0v) is 14.5. The Balaban J connectivity index is 1.59. The van der Waals surface area contributed by atoms with E-state index in [0.717, 1.165) is 23.0 Å². The Morgan fingerprint density at radius 2 is 2.16 bits per heavy atom. The van der Waals surface area contributed by atoms with Gasteiger partial charge < -0.3 is 14.3 Å². The van der Waals surface area contributed by atoms with E-state index >= 15 is 0 Å². The second-order valence-electron chi connectivity index (χ2n) is 5.63. The zero-order valence-electron chi connectivity index (χ0n) is 13.7. The van der Waals surface area contributed by atoms with Crippen molar-refractivity contribution in [1.82, 2.24) is 14.9 Å². The van der Waals surface area contributed by atoms with E-state index in [1.165, 1.54) is 22.2 Å². The Kier molecular flexibility index (Phi) is 4.11. The normalized spacial score (nSPS) is 11.1. The molecule has 6 heteroatoms. The summed E-state index contributed by atoms with van der Waals surface area (Å²) >= 11 is 1.48. The van der Waals surface area contributed by atoms with E-state index in [4.69, 9.17) is 4.42 Å². The van der Waals surface area contributed by atoms with Crippen LogP contribution < -0.4 is 5.32 Å². The molecule has 0 saturated heterocycles. The number of rotatable bonds is 5. The first-order chi connectivity index (χ1) is 12.3. The minimum Gasteiger partial charge on any atom is -0.467 e. The molecular weight excluding hydrogens is 334 g/mol. The molecule has 3 heterocycles. The Morgan fingerprint density at radius 3 is 2.96 bits per heavy atom. The number of fused-ring (bicyclic) bond motifs is 1. The molecule has 126 valence electrons. The number of hydrogen-bond acceptors (Lipinski definition) is 4. The molecule has 0 fully saturated rings. The maximum atomic E-state index is 12.3. The number of nitrogens with one attached hydrogen (secondary N) is 1. The van der Waals surface area contributed by atoms with Gasteiger partial charge in [0.1, 0.15) is 16.5 Å². The van der Waals surface area contributed by atoms with Crippen LogP contribution in [0.2, 0.25) is 0 Å². The number of aromatic nitrogens is 2. The summed E-state index contributed by atoms with van der Waals surface area (Å²) in [4.78, 5) is 16.8. The van der Waals surface area contributed by atoms with Gasteiger partial charge in [-0.2, -0.15) is 0 Å². The molecule has 0 aliphatic rings. The van der Waals surface area contributed by atoms with Crippen LogP contribution in [-0.2, 0) is 13.1 Å². The highest BCUT2D eigenvalue weighted by atomic mass is 32.1. The summed E-state index contributed by atoms with van der Waals surface area (Å²) in [7, 11) is 0. The van der Waals surface area contributed by atoms with Crippen LogP contribution in [0, 0.1) is 0 Å². The molecule has 1 N–H and O–H groups in total. The van der Waals surface area contributed by atoms with Gasteiger partial charge in [0.2, 0.25) is 0 Å². The second-order valence-corrected chi connectivity index (χ2v) is 6.49. The van der Waals surface area contributed by atoms with Gasteiger partial charge in [-0.3, -0.25) is 4.79 Å². The van der Waals surface area contributed by atoms with E-state index < -0.39 is 0 Å². The lowest BCUT2D eigenvalue weighted by molar-refractivity contribution is 0.0944. The summed E-state index contributed by atoms with van der Waals surface area (Å²) in [5.74, 6) is 0.521. The summed E-state index contributed by atoms with van der Waals surface area (Å²) < 4.78 is 7.44. The zero-order chi connectivity index (χ0) is 17.2. The molecule has 0 spiro atoms. The van der Waals surface area contributed by atoms with E-state index in [0.29, 0.717) is 12.2 Å². The minimum atomic E-state index is -0.196. The van der Waals surface area contributed by atoms with E-state index in [2.05, 4.69) is 40.0 Å². The van der Waals surface area contributed by atoms with Crippen molar-refractivity contribution in [3.8, 4) is 10.7 Å². The first-order valence-corrected chi connectivity index (χ1v) is 8.99. The smallest absolute Gasteiger partial charge is 0.271 e. The van der Waals surface area contributed by atoms with Crippen molar-refractivity contribution >= 4 is 28.1 Å². The van der Waals surface area contributed by atoms with E-state index in [1.54, 1.807) is 17.7 Å². The molecule has 0 atom stereocenters. The van der Waals surface area contributed by atoms with Gasteiger partial charge in [-0.15, -0.1) is 11.3 Å². The summed E-state index contributed by atoms with van der Waals surface area (Å²) in [5.41, 5.74) is 2.65. The number of para-hydroxylation sites is 1. The van der Waals surface area contributed by atoms with Crippen molar-refractivity contribution < 1.29 is 9.21 Å². The molecule has 1 aromatic carbocycles. The van der Waals surface area contributed by atoms with Gasteiger partial charge >= 0.3 is 0 Å². The van der Waals surface area contributed by atoms with Crippen LogP contribution in [0.4, 0.5) is 0 Å². The van der Waals surface area contributed by atoms with Crippen LogP contribution in [0.1, 0.15) is 23.2 Å². The molecule has 3 aromatic heterocycles. The third-order valence-corrected chi connectivity index (χ3v) is 4.95. The standard InChI is InChI=1S/C19H17N3O2S/c1-2-22-16-8-4-3-6-13(16)10-17(22)19-21-15(12-25-19)18(23)20-11-14-7-5-9-24-14/h3-10,12H,2,11H2,1H3,(H,20,23). The van der Waals surface area contributed by atoms with Gasteiger partial charge in [0.15, 0.2) is 0 Å². The lowest BCUT2D eigenvalue weighted by Crippen LogP contribution is -2.22. The summed E-state index contributed by atoms with van der Waals surface area (Å²) in [6, 6.07) is 14.0. The van der Waals surface area contributed by atoms with Gasteiger partial charge in [0.25, 0.3) is 5.91 Å². The summed E-state index contributed by atoms with van der Waals surface area (Å²) in [5, 5.41) is 6.65. The predicted octanol–water partition coefficient (Wildman–Crippen LogP) is 4.31. The number of furan rings is 1. The van der Waals surface area contributed by atoms with Crippen molar-refractivity contribution in [3.05, 3.63) is 65.6 Å². The average Bonchev–Trinajstić information content (AvgIpc) is 3.38. The Labute approximate surface area is 148 Å². The highest BCUT2D eigenvalue weighted by Crippen LogP contribution is 2.30. The molecule has 0 bridgehead atoms. The largest absolute Gasteiger partial charge is 0.467 e. The van der Waals surface area contributed by atoms with Crippen LogP contribution in [-0.4, -0.2) is 15.5 Å². The summed E-state index contributed by atoms with van der Waals surface area (Å²) in [6.45, 7) is 3.32. The monoisotopic (exact) mass is 351 g/mol. The quantitative estimate of drug-likeness (QED) is 0.583. The Hall–Kier alpha value is -2.86. The average molecular weight is 351 g/mol. The van der Waals surface area contributed by atoms with E-state index in [9.17, 15) is 4.79 Å². The van der Waals surface area contributed by atoms with Crippen LogP contribution in [0.5, 0.6) is 0 Å². The first-order valence-electron chi connectivity index (χ1n) is 8.11. The number of thiazole rings is 1. The van der Waals surface area contributed by atoms with Crippen LogP contribution in [0.3, 0.4) is 0 Å². The molecule has 0 unspecified atom stereocenters. The van der Waals surface area contributed by atoms with Crippen molar-refractivity contribution in [2.45, 2.75) is 20.0 Å². The molecule has 0 aliphatic carbocycles. The van der Waals surface area contributed by atoms with Crippen LogP contribution >= 0.6 is 11.3 Å². The molecule has 5 nitrogen and oxygen atoms in total. The number of carbonyl (C=O) groups excluding carboxylic acids is 1. The molecule has 4 rings (SSSR count). The lowest BCUT2D eigenvalue weighted by Gasteiger charge is -2.05. The predicted molar refractivity (Wildman–Crippen MR) is 98.6 cm³/mol. The fraction of sp³-hybridized carbons (Fsp3) is 0.158. The molecule has 25 heavy (non-hydrogen) atoms. The van der Waals surface area contributed by atoms with Gasteiger partial charge in [-0.1, -0.05) is 18.2 Å².